The Morgan fingerprint density at radius 3 is 1.40 bits per heavy atom. The molecule has 2 heteroatoms. The van der Waals surface area contributed by atoms with Gasteiger partial charge in [-0.3, -0.25) is 6.58 Å². The number of hydrogen-bond acceptors (Lipinski definition) is 1. The molecule has 1 N–H and O–H groups in total. The van der Waals surface area contributed by atoms with Crippen molar-refractivity contribution < 1.29 is 24.6 Å². The molecule has 0 fully saturated rings. The maximum absolute atomic E-state index is 7.00. The third-order valence-corrected chi connectivity index (χ3v) is 0. The fourth-order valence-electron chi connectivity index (χ4n) is 0. The second-order valence-electron chi connectivity index (χ2n) is 0. The van der Waals surface area contributed by atoms with E-state index in [-0.39, 0.29) is 19.5 Å². The Labute approximate surface area is 45.5 Å². The van der Waals surface area contributed by atoms with E-state index in [1.165, 1.54) is 0 Å². The molecule has 0 bridgehead atoms. The van der Waals surface area contributed by atoms with Crippen molar-refractivity contribution in [2.45, 2.75) is 0 Å². The molecule has 0 aliphatic rings. The Morgan fingerprint density at radius 1 is 1.40 bits per heavy atom. The van der Waals surface area contributed by atoms with Crippen molar-refractivity contribution in [2.24, 2.45) is 0 Å². The second kappa shape index (κ2) is 457. The molecule has 0 saturated carbocycles. The third-order valence-electron chi connectivity index (χ3n) is 0. The summed E-state index contributed by atoms with van der Waals surface area (Å²) < 4.78 is 0. The normalized spacial score (nSPS) is 2.00. The third kappa shape index (κ3) is 223. The van der Waals surface area contributed by atoms with Crippen molar-refractivity contribution in [2.75, 3.05) is 7.11 Å². The molecular weight excluding hydrogens is 117 g/mol. The van der Waals surface area contributed by atoms with Gasteiger partial charge in [-0.2, -0.15) is 0 Å². The van der Waals surface area contributed by atoms with Crippen LogP contribution in [0.1, 0.15) is 0 Å². The summed E-state index contributed by atoms with van der Waals surface area (Å²) >= 11 is 0. The van der Waals surface area contributed by atoms with Gasteiger partial charge in [-0.1, -0.05) is 0 Å². The van der Waals surface area contributed by atoms with Crippen LogP contribution in [0.3, 0.4) is 0 Å². The summed E-state index contributed by atoms with van der Waals surface area (Å²) in [4.78, 5) is 0. The summed E-state index contributed by atoms with van der Waals surface area (Å²) in [5, 5.41) is 7.00. The van der Waals surface area contributed by atoms with E-state index in [4.69, 9.17) is 5.11 Å². The smallest absolute Gasteiger partial charge is 0.0319 e. The number of rotatable bonds is 0. The summed E-state index contributed by atoms with van der Waals surface area (Å²) in [6, 6.07) is 0. The summed E-state index contributed by atoms with van der Waals surface area (Å²) in [5.74, 6) is 0. The summed E-state index contributed by atoms with van der Waals surface area (Å²) in [6.45, 7) is 7.00. The summed E-state index contributed by atoms with van der Waals surface area (Å²) in [5.41, 5.74) is 0. The molecule has 28 valence electrons. The van der Waals surface area contributed by atoms with Crippen LogP contribution >= 0.6 is 0 Å². The summed E-state index contributed by atoms with van der Waals surface area (Å²) in [6.07, 6.45) is 0. The Bertz CT molecular complexity index is 6.85. The Morgan fingerprint density at radius 2 is 1.40 bits per heavy atom. The Hall–Kier alpha value is 0.323. The van der Waals surface area contributed by atoms with Crippen LogP contribution in [-0.4, -0.2) is 12.2 Å². The fraction of sp³-hybridized carbons (Fsp3) is 0.333. The molecule has 0 rings (SSSR count). The van der Waals surface area contributed by atoms with Gasteiger partial charge < -0.3 is 11.7 Å². The minimum absolute atomic E-state index is 0. The molecule has 0 atom stereocenters. The number of aliphatic hydroxyl groups is 1. The van der Waals surface area contributed by atoms with Crippen molar-refractivity contribution in [3.8, 4) is 0 Å². The van der Waals surface area contributed by atoms with E-state index >= 15 is 0 Å². The minimum atomic E-state index is 0. The molecule has 1 nitrogen and oxygen atoms in total. The average Bonchev–Trinajstić information content (AvgIpc) is 1.50. The zero-order chi connectivity index (χ0) is 4.00. The molecule has 0 aromatic rings. The molecular formula is C3H7OZn-. The predicted octanol–water partition coefficient (Wildman–Crippen LogP) is 0.211. The first-order chi connectivity index (χ1) is 2.00. The van der Waals surface area contributed by atoms with E-state index < -0.39 is 0 Å². The van der Waals surface area contributed by atoms with Gasteiger partial charge in [-0.05, 0) is 0 Å². The van der Waals surface area contributed by atoms with Gasteiger partial charge in [0.05, 0.1) is 0 Å². The van der Waals surface area contributed by atoms with Crippen molar-refractivity contribution >= 4 is 0 Å². The van der Waals surface area contributed by atoms with Gasteiger partial charge in [0.25, 0.3) is 0 Å². The molecule has 0 heterocycles. The zero-order valence-electron chi connectivity index (χ0n) is 3.44. The average molecular weight is 124 g/mol. The van der Waals surface area contributed by atoms with E-state index in [0.717, 1.165) is 7.11 Å². The van der Waals surface area contributed by atoms with Gasteiger partial charge in [0, 0.05) is 26.6 Å². The van der Waals surface area contributed by atoms with Gasteiger partial charge in [-0.15, -0.1) is 0 Å². The van der Waals surface area contributed by atoms with Crippen LogP contribution in [0.25, 0.3) is 0 Å². The monoisotopic (exact) mass is 123 g/mol. The molecule has 0 aliphatic heterocycles. The standard InChI is InChI=1S/C2H3.CH4O.Zn/c2*1-2;/h1H,2H2;2H,1H3;/q-1;;. The number of aliphatic hydroxyl groups excluding tert-OH is 1. The molecule has 0 aromatic heterocycles. The van der Waals surface area contributed by atoms with Crippen LogP contribution in [0.15, 0.2) is 6.58 Å². The van der Waals surface area contributed by atoms with Crippen molar-refractivity contribution in [3.05, 3.63) is 13.2 Å². The molecule has 0 aliphatic carbocycles. The van der Waals surface area contributed by atoms with Gasteiger partial charge in [0.1, 0.15) is 0 Å². The van der Waals surface area contributed by atoms with Crippen molar-refractivity contribution in [1.82, 2.24) is 0 Å². The first kappa shape index (κ1) is 18.4. The van der Waals surface area contributed by atoms with Crippen LogP contribution in [0.4, 0.5) is 0 Å². The minimum Gasteiger partial charge on any atom is -0.521 e. The Kier molecular flexibility index (Phi) is 1680. The van der Waals surface area contributed by atoms with Crippen LogP contribution in [0.2, 0.25) is 0 Å². The molecule has 0 aromatic carbocycles. The molecule has 0 amide bonds. The van der Waals surface area contributed by atoms with Gasteiger partial charge in [0.15, 0.2) is 0 Å². The van der Waals surface area contributed by atoms with Crippen LogP contribution in [0.5, 0.6) is 0 Å². The van der Waals surface area contributed by atoms with Crippen LogP contribution < -0.4 is 0 Å². The molecule has 0 radical (unpaired) electrons. The summed E-state index contributed by atoms with van der Waals surface area (Å²) in [7, 11) is 1.00. The first-order valence-corrected chi connectivity index (χ1v) is 0.855. The van der Waals surface area contributed by atoms with Gasteiger partial charge in [-0.25, -0.2) is 0 Å². The predicted molar refractivity (Wildman–Crippen MR) is 18.1 cm³/mol. The van der Waals surface area contributed by atoms with Gasteiger partial charge >= 0.3 is 0 Å². The van der Waals surface area contributed by atoms with Crippen LogP contribution in [0, 0.1) is 6.58 Å². The fourth-order valence-corrected chi connectivity index (χ4v) is 0. The van der Waals surface area contributed by atoms with E-state index in [1.807, 2.05) is 0 Å². The van der Waals surface area contributed by atoms with Crippen molar-refractivity contribution in [1.29, 1.82) is 0 Å². The first-order valence-electron chi connectivity index (χ1n) is 0.855. The largest absolute Gasteiger partial charge is 0.521 e. The van der Waals surface area contributed by atoms with Gasteiger partial charge in [0.2, 0.25) is 0 Å². The van der Waals surface area contributed by atoms with E-state index in [0.29, 0.717) is 0 Å². The SMILES string of the molecule is CO.[CH-]=C.[Zn]. The molecule has 0 saturated heterocycles. The van der Waals surface area contributed by atoms with Crippen LogP contribution in [-0.2, 0) is 19.5 Å². The molecule has 5 heavy (non-hydrogen) atoms. The topological polar surface area (TPSA) is 20.2 Å². The molecule has 0 unspecified atom stereocenters. The second-order valence-corrected chi connectivity index (χ2v) is 0. The quantitative estimate of drug-likeness (QED) is 0.362. The maximum atomic E-state index is 7.00. The van der Waals surface area contributed by atoms with E-state index in [9.17, 15) is 0 Å². The zero-order valence-corrected chi connectivity index (χ0v) is 6.41. The number of hydrogen-bond donors (Lipinski definition) is 1. The molecule has 0 spiro atoms. The van der Waals surface area contributed by atoms with E-state index in [1.54, 1.807) is 0 Å². The maximum Gasteiger partial charge on any atom is 0.0319 e. The Balaban J connectivity index is -0.0000000133. The van der Waals surface area contributed by atoms with Crippen molar-refractivity contribution in [3.63, 3.8) is 0 Å². The van der Waals surface area contributed by atoms with E-state index in [2.05, 4.69) is 13.2 Å².